The van der Waals surface area contributed by atoms with Crippen LogP contribution in [0.1, 0.15) is 30.6 Å². The molecule has 0 aromatic carbocycles. The number of hydrogen-bond acceptors (Lipinski definition) is 2. The Labute approximate surface area is 122 Å². The van der Waals surface area contributed by atoms with Gasteiger partial charge in [-0.05, 0) is 40.5 Å². The molecule has 0 spiro atoms. The third-order valence-corrected chi connectivity index (χ3v) is 4.51. The minimum Gasteiger partial charge on any atom is -0.351 e. The molecule has 0 bridgehead atoms. The SMILES string of the molecule is CC(C)(CCBr)CNC(=O)c1csc(I)c1. The number of carbonyl (C=O) groups excluding carboxylic acids is 1. The van der Waals surface area contributed by atoms with Crippen LogP contribution in [0.4, 0.5) is 0 Å². The lowest BCUT2D eigenvalue weighted by molar-refractivity contribution is 0.0936. The smallest absolute Gasteiger partial charge is 0.252 e. The van der Waals surface area contributed by atoms with E-state index in [1.165, 1.54) is 0 Å². The fourth-order valence-corrected chi connectivity index (χ4v) is 3.59. The second kappa shape index (κ2) is 6.35. The van der Waals surface area contributed by atoms with Gasteiger partial charge in [0, 0.05) is 17.3 Å². The Kier molecular flexibility index (Phi) is 5.73. The maximum atomic E-state index is 11.8. The molecule has 0 aliphatic heterocycles. The molecule has 0 aliphatic rings. The molecule has 0 aliphatic carbocycles. The lowest BCUT2D eigenvalue weighted by atomic mass is 9.90. The van der Waals surface area contributed by atoms with Crippen molar-refractivity contribution < 1.29 is 4.79 Å². The van der Waals surface area contributed by atoms with Gasteiger partial charge in [-0.15, -0.1) is 11.3 Å². The second-order valence-electron chi connectivity index (χ2n) is 4.43. The highest BCUT2D eigenvalue weighted by Crippen LogP contribution is 2.21. The molecule has 5 heteroatoms. The number of hydrogen-bond donors (Lipinski definition) is 1. The Balaban J connectivity index is 2.47. The summed E-state index contributed by atoms with van der Waals surface area (Å²) in [5, 5.41) is 5.84. The van der Waals surface area contributed by atoms with Crippen molar-refractivity contribution >= 4 is 55.8 Å². The number of halogens is 2. The van der Waals surface area contributed by atoms with Crippen LogP contribution < -0.4 is 5.32 Å². The van der Waals surface area contributed by atoms with E-state index in [1.807, 2.05) is 11.4 Å². The molecule has 0 unspecified atom stereocenters. The first kappa shape index (κ1) is 14.4. The van der Waals surface area contributed by atoms with Gasteiger partial charge in [-0.1, -0.05) is 29.8 Å². The van der Waals surface area contributed by atoms with Gasteiger partial charge < -0.3 is 5.32 Å². The lowest BCUT2D eigenvalue weighted by Gasteiger charge is -2.23. The second-order valence-corrected chi connectivity index (χ2v) is 8.02. The number of rotatable bonds is 5. The maximum Gasteiger partial charge on any atom is 0.252 e. The molecule has 1 rings (SSSR count). The van der Waals surface area contributed by atoms with E-state index in [9.17, 15) is 4.79 Å². The van der Waals surface area contributed by atoms with E-state index < -0.39 is 0 Å². The lowest BCUT2D eigenvalue weighted by Crippen LogP contribution is -2.34. The monoisotopic (exact) mass is 415 g/mol. The van der Waals surface area contributed by atoms with Crippen LogP contribution in [-0.2, 0) is 0 Å². The zero-order valence-electron chi connectivity index (χ0n) is 9.35. The Morgan fingerprint density at radius 1 is 1.62 bits per heavy atom. The highest BCUT2D eigenvalue weighted by Gasteiger charge is 2.18. The summed E-state index contributed by atoms with van der Waals surface area (Å²) in [4.78, 5) is 11.8. The number of carbonyl (C=O) groups is 1. The summed E-state index contributed by atoms with van der Waals surface area (Å²) >= 11 is 7.25. The van der Waals surface area contributed by atoms with Crippen molar-refractivity contribution in [2.24, 2.45) is 5.41 Å². The fraction of sp³-hybridized carbons (Fsp3) is 0.545. The van der Waals surface area contributed by atoms with Crippen molar-refractivity contribution in [1.82, 2.24) is 5.32 Å². The molecule has 2 nitrogen and oxygen atoms in total. The van der Waals surface area contributed by atoms with Crippen molar-refractivity contribution in [2.75, 3.05) is 11.9 Å². The molecular weight excluding hydrogens is 401 g/mol. The average molecular weight is 416 g/mol. The van der Waals surface area contributed by atoms with Crippen molar-refractivity contribution in [1.29, 1.82) is 0 Å². The fourth-order valence-electron chi connectivity index (χ4n) is 1.19. The van der Waals surface area contributed by atoms with E-state index in [4.69, 9.17) is 0 Å². The Morgan fingerprint density at radius 2 is 2.31 bits per heavy atom. The van der Waals surface area contributed by atoms with E-state index >= 15 is 0 Å². The van der Waals surface area contributed by atoms with E-state index in [1.54, 1.807) is 11.3 Å². The highest BCUT2D eigenvalue weighted by atomic mass is 127. The van der Waals surface area contributed by atoms with Crippen molar-refractivity contribution in [3.63, 3.8) is 0 Å². The molecular formula is C11H15BrINOS. The Bertz CT molecular complexity index is 365. The summed E-state index contributed by atoms with van der Waals surface area (Å²) in [6.07, 6.45) is 1.05. The van der Waals surface area contributed by atoms with Gasteiger partial charge in [0.2, 0.25) is 0 Å². The van der Waals surface area contributed by atoms with E-state index in [0.29, 0.717) is 6.54 Å². The van der Waals surface area contributed by atoms with Crippen LogP contribution in [0.5, 0.6) is 0 Å². The summed E-state index contributed by atoms with van der Waals surface area (Å²) in [5.74, 6) is 0.0295. The normalized spacial score (nSPS) is 11.5. The highest BCUT2D eigenvalue weighted by molar-refractivity contribution is 14.1. The molecule has 1 N–H and O–H groups in total. The van der Waals surface area contributed by atoms with Crippen molar-refractivity contribution in [2.45, 2.75) is 20.3 Å². The standard InChI is InChI=1S/C11H15BrINOS/c1-11(2,3-4-12)7-14-10(15)8-5-9(13)16-6-8/h5-6H,3-4,7H2,1-2H3,(H,14,15). The zero-order chi connectivity index (χ0) is 12.2. The predicted octanol–water partition coefficient (Wildman–Crippen LogP) is 3.89. The molecule has 16 heavy (non-hydrogen) atoms. The molecule has 0 radical (unpaired) electrons. The first-order chi connectivity index (χ1) is 7.44. The molecule has 0 atom stereocenters. The molecule has 0 saturated carbocycles. The summed E-state index contributed by atoms with van der Waals surface area (Å²) in [6.45, 7) is 5.03. The van der Waals surface area contributed by atoms with Gasteiger partial charge in [0.05, 0.1) is 8.45 Å². The van der Waals surface area contributed by atoms with Crippen LogP contribution >= 0.6 is 49.9 Å². The van der Waals surface area contributed by atoms with Gasteiger partial charge in [-0.3, -0.25) is 4.79 Å². The predicted molar refractivity (Wildman–Crippen MR) is 81.6 cm³/mol. The molecule has 0 fully saturated rings. The third-order valence-electron chi connectivity index (χ3n) is 2.33. The molecule has 90 valence electrons. The van der Waals surface area contributed by atoms with Crippen LogP contribution in [-0.4, -0.2) is 17.8 Å². The Hall–Kier alpha value is 0.380. The molecule has 1 aromatic rings. The summed E-state index contributed by atoms with van der Waals surface area (Å²) in [5.41, 5.74) is 0.909. The van der Waals surface area contributed by atoms with Gasteiger partial charge in [0.25, 0.3) is 5.91 Å². The van der Waals surface area contributed by atoms with Gasteiger partial charge in [0.1, 0.15) is 0 Å². The topological polar surface area (TPSA) is 29.1 Å². The summed E-state index contributed by atoms with van der Waals surface area (Å²) < 4.78 is 1.14. The first-order valence-electron chi connectivity index (χ1n) is 5.03. The van der Waals surface area contributed by atoms with Crippen LogP contribution in [0.25, 0.3) is 0 Å². The largest absolute Gasteiger partial charge is 0.351 e. The summed E-state index contributed by atoms with van der Waals surface area (Å²) in [7, 11) is 0. The minimum absolute atomic E-state index is 0.0295. The van der Waals surface area contributed by atoms with Gasteiger partial charge >= 0.3 is 0 Å². The van der Waals surface area contributed by atoms with E-state index in [2.05, 4.69) is 57.7 Å². The zero-order valence-corrected chi connectivity index (χ0v) is 13.9. The van der Waals surface area contributed by atoms with Crippen LogP contribution in [0, 0.1) is 8.30 Å². The van der Waals surface area contributed by atoms with Crippen molar-refractivity contribution in [3.05, 3.63) is 19.9 Å². The Morgan fingerprint density at radius 3 is 2.81 bits per heavy atom. The van der Waals surface area contributed by atoms with Crippen LogP contribution in [0.3, 0.4) is 0 Å². The van der Waals surface area contributed by atoms with Crippen molar-refractivity contribution in [3.8, 4) is 0 Å². The van der Waals surface area contributed by atoms with E-state index in [0.717, 1.165) is 20.2 Å². The van der Waals surface area contributed by atoms with Gasteiger partial charge in [0.15, 0.2) is 0 Å². The van der Waals surface area contributed by atoms with Gasteiger partial charge in [-0.25, -0.2) is 0 Å². The van der Waals surface area contributed by atoms with Crippen LogP contribution in [0.15, 0.2) is 11.4 Å². The quantitative estimate of drug-likeness (QED) is 0.573. The minimum atomic E-state index is 0.0295. The van der Waals surface area contributed by atoms with Gasteiger partial charge in [-0.2, -0.15) is 0 Å². The number of thiophene rings is 1. The average Bonchev–Trinajstić information content (AvgIpc) is 2.61. The number of alkyl halides is 1. The first-order valence-corrected chi connectivity index (χ1v) is 8.11. The third kappa shape index (κ3) is 4.71. The molecule has 1 aromatic heterocycles. The van der Waals surface area contributed by atoms with Crippen LogP contribution in [0.2, 0.25) is 0 Å². The maximum absolute atomic E-state index is 11.8. The number of amides is 1. The molecule has 0 saturated heterocycles. The molecule has 1 heterocycles. The summed E-state index contributed by atoms with van der Waals surface area (Å²) in [6, 6.07) is 1.91. The molecule has 1 amide bonds. The van der Waals surface area contributed by atoms with E-state index in [-0.39, 0.29) is 11.3 Å². The number of nitrogens with one attached hydrogen (secondary N) is 1.